The Morgan fingerprint density at radius 2 is 1.76 bits per heavy atom. The first-order valence-corrected chi connectivity index (χ1v) is 7.36. The van der Waals surface area contributed by atoms with Gasteiger partial charge < -0.3 is 4.42 Å². The van der Waals surface area contributed by atoms with E-state index in [0.717, 1.165) is 0 Å². The van der Waals surface area contributed by atoms with Crippen LogP contribution in [0.15, 0.2) is 71.2 Å². The molecular weight excluding hydrogens is 325 g/mol. The van der Waals surface area contributed by atoms with Gasteiger partial charge in [-0.25, -0.2) is 4.39 Å². The number of allylic oxidation sites excluding steroid dienone is 1. The van der Waals surface area contributed by atoms with Gasteiger partial charge in [0.15, 0.2) is 5.78 Å². The summed E-state index contributed by atoms with van der Waals surface area (Å²) in [4.78, 5) is 22.2. The number of furan rings is 1. The van der Waals surface area contributed by atoms with Crippen LogP contribution in [0.5, 0.6) is 0 Å². The Kier molecular flexibility index (Phi) is 4.52. The van der Waals surface area contributed by atoms with Crippen molar-refractivity contribution in [1.29, 1.82) is 0 Å². The third-order valence-electron chi connectivity index (χ3n) is 3.53. The zero-order valence-electron chi connectivity index (χ0n) is 12.9. The number of ketones is 1. The minimum absolute atomic E-state index is 0.00842. The standard InChI is InChI=1S/C19H12FNO4/c20-17-4-2-1-3-16(17)18(22)11-9-15-10-12-19(25-15)13-5-7-14(8-6-13)21(23)24/h1-12H/b11-9+. The Morgan fingerprint density at radius 1 is 1.04 bits per heavy atom. The molecule has 0 aliphatic heterocycles. The fourth-order valence-electron chi connectivity index (χ4n) is 2.25. The number of carbonyl (C=O) groups excluding carboxylic acids is 1. The summed E-state index contributed by atoms with van der Waals surface area (Å²) < 4.78 is 19.1. The van der Waals surface area contributed by atoms with E-state index >= 15 is 0 Å². The average Bonchev–Trinajstić information content (AvgIpc) is 3.09. The Labute approximate surface area is 142 Å². The number of carbonyl (C=O) groups is 1. The summed E-state index contributed by atoms with van der Waals surface area (Å²) in [6.45, 7) is 0. The lowest BCUT2D eigenvalue weighted by molar-refractivity contribution is -0.384. The number of non-ortho nitro benzene ring substituents is 1. The average molecular weight is 337 g/mol. The lowest BCUT2D eigenvalue weighted by Gasteiger charge is -1.97. The number of hydrogen-bond acceptors (Lipinski definition) is 4. The van der Waals surface area contributed by atoms with E-state index in [1.807, 2.05) is 0 Å². The van der Waals surface area contributed by atoms with Crippen molar-refractivity contribution in [2.45, 2.75) is 0 Å². The number of nitrogens with zero attached hydrogens (tertiary/aromatic N) is 1. The van der Waals surface area contributed by atoms with E-state index in [9.17, 15) is 19.3 Å². The molecule has 0 aliphatic carbocycles. The van der Waals surface area contributed by atoms with Gasteiger partial charge in [-0.1, -0.05) is 12.1 Å². The first-order valence-electron chi connectivity index (χ1n) is 7.36. The van der Waals surface area contributed by atoms with Gasteiger partial charge in [-0.2, -0.15) is 0 Å². The monoisotopic (exact) mass is 337 g/mol. The van der Waals surface area contributed by atoms with Crippen LogP contribution in [0, 0.1) is 15.9 Å². The number of benzene rings is 2. The molecule has 25 heavy (non-hydrogen) atoms. The van der Waals surface area contributed by atoms with Crippen molar-refractivity contribution in [2.75, 3.05) is 0 Å². The molecule has 0 radical (unpaired) electrons. The van der Waals surface area contributed by atoms with E-state index in [0.29, 0.717) is 17.1 Å². The molecule has 0 bridgehead atoms. The van der Waals surface area contributed by atoms with E-state index in [1.165, 1.54) is 42.5 Å². The first kappa shape index (κ1) is 16.3. The molecule has 0 atom stereocenters. The van der Waals surface area contributed by atoms with Crippen LogP contribution in [0.4, 0.5) is 10.1 Å². The van der Waals surface area contributed by atoms with Crippen molar-refractivity contribution >= 4 is 17.5 Å². The van der Waals surface area contributed by atoms with Crippen molar-refractivity contribution in [3.8, 4) is 11.3 Å². The van der Waals surface area contributed by atoms with Crippen LogP contribution >= 0.6 is 0 Å². The van der Waals surface area contributed by atoms with E-state index in [2.05, 4.69) is 0 Å². The van der Waals surface area contributed by atoms with Crippen molar-refractivity contribution in [1.82, 2.24) is 0 Å². The van der Waals surface area contributed by atoms with Crippen LogP contribution in [0.2, 0.25) is 0 Å². The third kappa shape index (κ3) is 3.69. The SMILES string of the molecule is O=C(/C=C/c1ccc(-c2ccc([N+](=O)[O-])cc2)o1)c1ccccc1F. The van der Waals surface area contributed by atoms with Crippen molar-refractivity contribution in [3.63, 3.8) is 0 Å². The highest BCUT2D eigenvalue weighted by Gasteiger charge is 2.09. The molecular formula is C19H12FNO4. The molecule has 3 rings (SSSR count). The van der Waals surface area contributed by atoms with Gasteiger partial charge >= 0.3 is 0 Å². The molecule has 2 aromatic carbocycles. The lowest BCUT2D eigenvalue weighted by Crippen LogP contribution is -1.97. The van der Waals surface area contributed by atoms with Crippen LogP contribution in [0.25, 0.3) is 17.4 Å². The summed E-state index contributed by atoms with van der Waals surface area (Å²) >= 11 is 0. The largest absolute Gasteiger partial charge is 0.457 e. The fourth-order valence-corrected chi connectivity index (χ4v) is 2.25. The van der Waals surface area contributed by atoms with Gasteiger partial charge in [-0.3, -0.25) is 14.9 Å². The molecule has 0 N–H and O–H groups in total. The highest BCUT2D eigenvalue weighted by Crippen LogP contribution is 2.25. The predicted octanol–water partition coefficient (Wildman–Crippen LogP) is 4.89. The highest BCUT2D eigenvalue weighted by molar-refractivity contribution is 6.06. The van der Waals surface area contributed by atoms with E-state index in [4.69, 9.17) is 4.42 Å². The molecule has 0 unspecified atom stereocenters. The summed E-state index contributed by atoms with van der Waals surface area (Å²) in [5, 5.41) is 10.7. The molecule has 0 fully saturated rings. The van der Waals surface area contributed by atoms with Crippen LogP contribution in [0.1, 0.15) is 16.1 Å². The molecule has 0 aliphatic rings. The number of hydrogen-bond donors (Lipinski definition) is 0. The Morgan fingerprint density at radius 3 is 2.44 bits per heavy atom. The molecule has 124 valence electrons. The molecule has 6 heteroatoms. The molecule has 0 saturated carbocycles. The van der Waals surface area contributed by atoms with Gasteiger partial charge in [0.05, 0.1) is 10.5 Å². The maximum atomic E-state index is 13.6. The molecule has 3 aromatic rings. The number of halogens is 1. The predicted molar refractivity (Wildman–Crippen MR) is 90.6 cm³/mol. The second kappa shape index (κ2) is 6.92. The van der Waals surface area contributed by atoms with E-state index < -0.39 is 16.5 Å². The lowest BCUT2D eigenvalue weighted by atomic mass is 10.1. The fraction of sp³-hybridized carbons (Fsp3) is 0. The van der Waals surface area contributed by atoms with Gasteiger partial charge in [0.1, 0.15) is 17.3 Å². The van der Waals surface area contributed by atoms with Crippen molar-refractivity contribution in [3.05, 3.63) is 94.0 Å². The maximum absolute atomic E-state index is 13.6. The third-order valence-corrected chi connectivity index (χ3v) is 3.53. The minimum Gasteiger partial charge on any atom is -0.457 e. The Balaban J connectivity index is 1.76. The second-order valence-corrected chi connectivity index (χ2v) is 5.18. The van der Waals surface area contributed by atoms with Crippen LogP contribution in [-0.2, 0) is 0 Å². The number of nitro groups is 1. The quantitative estimate of drug-likeness (QED) is 0.287. The summed E-state index contributed by atoms with van der Waals surface area (Å²) in [5.41, 5.74) is 0.650. The normalized spacial score (nSPS) is 10.9. The Hall–Kier alpha value is -3.54. The molecule has 0 saturated heterocycles. The van der Waals surface area contributed by atoms with E-state index in [1.54, 1.807) is 30.3 Å². The molecule has 0 amide bonds. The van der Waals surface area contributed by atoms with Gasteiger partial charge in [-0.05, 0) is 48.6 Å². The van der Waals surface area contributed by atoms with Gasteiger partial charge in [0.25, 0.3) is 5.69 Å². The smallest absolute Gasteiger partial charge is 0.269 e. The van der Waals surface area contributed by atoms with Crippen molar-refractivity contribution in [2.24, 2.45) is 0 Å². The minimum atomic E-state index is -0.580. The molecule has 1 aromatic heterocycles. The topological polar surface area (TPSA) is 73.3 Å². The summed E-state index contributed by atoms with van der Waals surface area (Å²) in [6.07, 6.45) is 2.68. The molecule has 5 nitrogen and oxygen atoms in total. The van der Waals surface area contributed by atoms with Crippen LogP contribution < -0.4 is 0 Å². The number of rotatable bonds is 5. The Bertz CT molecular complexity index is 958. The van der Waals surface area contributed by atoms with Gasteiger partial charge in [0, 0.05) is 17.7 Å². The zero-order valence-corrected chi connectivity index (χ0v) is 12.9. The van der Waals surface area contributed by atoms with E-state index in [-0.39, 0.29) is 11.3 Å². The molecule has 1 heterocycles. The maximum Gasteiger partial charge on any atom is 0.269 e. The van der Waals surface area contributed by atoms with Crippen LogP contribution in [-0.4, -0.2) is 10.7 Å². The van der Waals surface area contributed by atoms with Crippen LogP contribution in [0.3, 0.4) is 0 Å². The summed E-state index contributed by atoms with van der Waals surface area (Å²) in [6, 6.07) is 15.0. The first-order chi connectivity index (χ1) is 12.0. The van der Waals surface area contributed by atoms with Crippen molar-refractivity contribution < 1.29 is 18.5 Å². The van der Waals surface area contributed by atoms with Gasteiger partial charge in [-0.15, -0.1) is 0 Å². The second-order valence-electron chi connectivity index (χ2n) is 5.18. The molecule has 0 spiro atoms. The zero-order chi connectivity index (χ0) is 17.8. The summed E-state index contributed by atoms with van der Waals surface area (Å²) in [7, 11) is 0. The highest BCUT2D eigenvalue weighted by atomic mass is 19.1. The summed E-state index contributed by atoms with van der Waals surface area (Å²) in [5.74, 6) is -0.125. The number of nitro benzene ring substituents is 1. The van der Waals surface area contributed by atoms with Gasteiger partial charge in [0.2, 0.25) is 0 Å².